The molecule has 0 bridgehead atoms. The molecule has 0 aromatic heterocycles. The Kier molecular flexibility index (Phi) is 5.67. The summed E-state index contributed by atoms with van der Waals surface area (Å²) in [7, 11) is 4.36. The quantitative estimate of drug-likeness (QED) is 0.752. The van der Waals surface area contributed by atoms with Crippen molar-refractivity contribution in [1.82, 2.24) is 4.90 Å². The number of hydrogen-bond donors (Lipinski definition) is 2. The monoisotopic (exact) mass is 440 g/mol. The van der Waals surface area contributed by atoms with E-state index in [-0.39, 0.29) is 28.7 Å². The summed E-state index contributed by atoms with van der Waals surface area (Å²) >= 11 is 0. The maximum Gasteiger partial charge on any atom is 0.414 e. The Morgan fingerprint density at radius 3 is 2.41 bits per heavy atom. The third-order valence-corrected chi connectivity index (χ3v) is 5.86. The van der Waals surface area contributed by atoms with Gasteiger partial charge in [-0.15, -0.1) is 0 Å². The molecule has 4 rings (SSSR count). The topological polar surface area (TPSA) is 109 Å². The Bertz CT molecular complexity index is 1080. The molecular formula is C23H24N2O7. The highest BCUT2D eigenvalue weighted by molar-refractivity contribution is 6.06. The molecule has 2 aromatic carbocycles. The molecule has 2 N–H and O–H groups in total. The summed E-state index contributed by atoms with van der Waals surface area (Å²) in [6.45, 7) is 0.372. The Labute approximate surface area is 185 Å². The highest BCUT2D eigenvalue weighted by Gasteiger charge is 2.44. The molecule has 168 valence electrons. The minimum absolute atomic E-state index is 0.0430. The first kappa shape index (κ1) is 21.5. The van der Waals surface area contributed by atoms with Crippen LogP contribution in [0.15, 0.2) is 42.5 Å². The van der Waals surface area contributed by atoms with E-state index in [1.165, 1.54) is 26.4 Å². The van der Waals surface area contributed by atoms with Crippen molar-refractivity contribution in [2.45, 2.75) is 18.7 Å². The molecule has 2 heterocycles. The molecule has 2 aliphatic rings. The molecule has 0 aliphatic carbocycles. The molecule has 2 aromatic rings. The summed E-state index contributed by atoms with van der Waals surface area (Å²) in [6, 6.07) is 9.46. The van der Waals surface area contributed by atoms with E-state index in [0.29, 0.717) is 13.0 Å². The van der Waals surface area contributed by atoms with Gasteiger partial charge in [0.15, 0.2) is 17.7 Å². The van der Waals surface area contributed by atoms with Crippen molar-refractivity contribution >= 4 is 23.3 Å². The number of carboxylic acid groups (broad SMARTS) is 1. The molecule has 32 heavy (non-hydrogen) atoms. The lowest BCUT2D eigenvalue weighted by atomic mass is 9.94. The van der Waals surface area contributed by atoms with Crippen LogP contribution in [-0.2, 0) is 4.74 Å². The number of carbonyl (C=O) groups excluding carboxylic acids is 1. The highest BCUT2D eigenvalue weighted by Crippen LogP contribution is 2.41. The Hall–Kier alpha value is -3.72. The van der Waals surface area contributed by atoms with Gasteiger partial charge >= 0.3 is 6.09 Å². The maximum absolute atomic E-state index is 13.5. The van der Waals surface area contributed by atoms with Crippen LogP contribution in [0.5, 0.6) is 17.2 Å². The summed E-state index contributed by atoms with van der Waals surface area (Å²) < 4.78 is 16.0. The number of aromatic hydroxyl groups is 1. The second kappa shape index (κ2) is 8.43. The second-order valence-corrected chi connectivity index (χ2v) is 7.48. The first-order valence-corrected chi connectivity index (χ1v) is 10.0. The fourth-order valence-electron chi connectivity index (χ4n) is 4.28. The number of phenols is 1. The highest BCUT2D eigenvalue weighted by atomic mass is 16.5. The van der Waals surface area contributed by atoms with Gasteiger partial charge in [0, 0.05) is 19.7 Å². The van der Waals surface area contributed by atoms with E-state index in [2.05, 4.69) is 0 Å². The lowest BCUT2D eigenvalue weighted by Gasteiger charge is -2.38. The number of phenolic OH excluding ortho intramolecular Hbond substituents is 1. The van der Waals surface area contributed by atoms with Gasteiger partial charge in [-0.1, -0.05) is 18.2 Å². The van der Waals surface area contributed by atoms with E-state index in [0.717, 1.165) is 21.8 Å². The molecule has 2 aliphatic heterocycles. The molecular weight excluding hydrogens is 416 g/mol. The molecule has 1 unspecified atom stereocenters. The van der Waals surface area contributed by atoms with Crippen LogP contribution in [0.2, 0.25) is 0 Å². The number of anilines is 1. The number of benzene rings is 2. The van der Waals surface area contributed by atoms with Crippen molar-refractivity contribution in [3.05, 3.63) is 53.6 Å². The summed E-state index contributed by atoms with van der Waals surface area (Å²) in [5.74, 6) is 0.183. The van der Waals surface area contributed by atoms with E-state index in [9.17, 15) is 19.8 Å². The molecule has 0 fully saturated rings. The molecule has 0 saturated heterocycles. The molecule has 0 saturated carbocycles. The van der Waals surface area contributed by atoms with Gasteiger partial charge in [-0.3, -0.25) is 4.79 Å². The number of ether oxygens (including phenoxy) is 3. The Morgan fingerprint density at radius 2 is 1.81 bits per heavy atom. The van der Waals surface area contributed by atoms with Gasteiger partial charge in [0.25, 0.3) is 5.91 Å². The molecule has 9 nitrogen and oxygen atoms in total. The van der Waals surface area contributed by atoms with E-state index in [1.807, 2.05) is 30.3 Å². The Morgan fingerprint density at radius 1 is 1.09 bits per heavy atom. The number of rotatable bonds is 4. The average Bonchev–Trinajstić information content (AvgIpc) is 2.90. The number of methoxy groups -OCH3 is 3. The van der Waals surface area contributed by atoms with E-state index < -0.39 is 18.4 Å². The summed E-state index contributed by atoms with van der Waals surface area (Å²) in [6.07, 6.45) is 0.139. The van der Waals surface area contributed by atoms with Crippen LogP contribution in [0.1, 0.15) is 22.3 Å². The van der Waals surface area contributed by atoms with Crippen molar-refractivity contribution in [3.63, 3.8) is 0 Å². The van der Waals surface area contributed by atoms with Gasteiger partial charge in [-0.25, -0.2) is 9.69 Å². The third-order valence-electron chi connectivity index (χ3n) is 5.86. The molecule has 9 heteroatoms. The number of amides is 2. The predicted molar refractivity (Wildman–Crippen MR) is 116 cm³/mol. The minimum Gasteiger partial charge on any atom is -0.504 e. The zero-order valence-corrected chi connectivity index (χ0v) is 17.9. The van der Waals surface area contributed by atoms with E-state index in [4.69, 9.17) is 14.2 Å². The molecule has 0 spiro atoms. The van der Waals surface area contributed by atoms with Gasteiger partial charge in [-0.05, 0) is 35.8 Å². The minimum atomic E-state index is -1.30. The summed E-state index contributed by atoms with van der Waals surface area (Å²) in [5.41, 5.74) is 2.09. The predicted octanol–water partition coefficient (Wildman–Crippen LogP) is 3.18. The van der Waals surface area contributed by atoms with Crippen LogP contribution in [0.25, 0.3) is 5.57 Å². The Balaban J connectivity index is 1.84. The van der Waals surface area contributed by atoms with Gasteiger partial charge in [0.1, 0.15) is 5.75 Å². The zero-order chi connectivity index (χ0) is 23.0. The number of fused-ring (bicyclic) bond motifs is 2. The third kappa shape index (κ3) is 3.50. The maximum atomic E-state index is 13.5. The summed E-state index contributed by atoms with van der Waals surface area (Å²) in [4.78, 5) is 28.3. The van der Waals surface area contributed by atoms with Crippen molar-refractivity contribution in [2.75, 3.05) is 32.8 Å². The molecule has 2 atom stereocenters. The van der Waals surface area contributed by atoms with Crippen LogP contribution in [0.3, 0.4) is 0 Å². The van der Waals surface area contributed by atoms with Gasteiger partial charge in [-0.2, -0.15) is 0 Å². The molecule has 0 radical (unpaired) electrons. The normalized spacial score (nSPS) is 20.1. The van der Waals surface area contributed by atoms with E-state index in [1.54, 1.807) is 12.0 Å². The largest absolute Gasteiger partial charge is 0.504 e. The number of carbonyl (C=O) groups is 2. The zero-order valence-electron chi connectivity index (χ0n) is 17.9. The van der Waals surface area contributed by atoms with Crippen LogP contribution < -0.4 is 14.4 Å². The lowest BCUT2D eigenvalue weighted by Crippen LogP contribution is -2.54. The number of hydrogen-bond acceptors (Lipinski definition) is 6. The second-order valence-electron chi connectivity index (χ2n) is 7.48. The summed E-state index contributed by atoms with van der Waals surface area (Å²) in [5, 5.41) is 20.3. The molecule has 2 amide bonds. The van der Waals surface area contributed by atoms with Crippen LogP contribution in [0.4, 0.5) is 10.5 Å². The fraction of sp³-hybridized carbons (Fsp3) is 0.304. The SMILES string of the molecule is COc1ccc(C2=C[C@H]3C(OC)N(C(=O)O)c4cc(O)c(OC)cc4C(=O)N3CC2)cc1. The van der Waals surface area contributed by atoms with Crippen molar-refractivity contribution in [3.8, 4) is 17.2 Å². The van der Waals surface area contributed by atoms with Crippen molar-refractivity contribution in [2.24, 2.45) is 0 Å². The van der Waals surface area contributed by atoms with Gasteiger partial charge in [0.2, 0.25) is 0 Å². The van der Waals surface area contributed by atoms with E-state index >= 15 is 0 Å². The average molecular weight is 440 g/mol. The first-order valence-electron chi connectivity index (χ1n) is 10.0. The standard InChI is InChI=1S/C23H24N2O7/c1-30-15-6-4-13(5-7-15)14-8-9-24-18(10-14)22(32-3)25(23(28)29)17-12-19(26)20(31-2)11-16(17)21(24)27/h4-7,10-12,18,22,26H,8-9H2,1-3H3,(H,28,29)/t18-,22?/m0/s1. The lowest BCUT2D eigenvalue weighted by molar-refractivity contribution is 0.0292. The van der Waals surface area contributed by atoms with Crippen LogP contribution in [0, 0.1) is 0 Å². The van der Waals surface area contributed by atoms with Gasteiger partial charge < -0.3 is 29.3 Å². The smallest absolute Gasteiger partial charge is 0.414 e. The van der Waals surface area contributed by atoms with Crippen molar-refractivity contribution in [1.29, 1.82) is 0 Å². The fourth-order valence-corrected chi connectivity index (χ4v) is 4.28. The van der Waals surface area contributed by atoms with Crippen molar-refractivity contribution < 1.29 is 34.0 Å². The first-order chi connectivity index (χ1) is 15.4. The number of nitrogens with zero attached hydrogens (tertiary/aromatic N) is 2. The van der Waals surface area contributed by atoms with Crippen LogP contribution in [-0.4, -0.2) is 67.3 Å². The van der Waals surface area contributed by atoms with Crippen LogP contribution >= 0.6 is 0 Å². The van der Waals surface area contributed by atoms with Gasteiger partial charge in [0.05, 0.1) is 31.5 Å².